The fourth-order valence-electron chi connectivity index (χ4n) is 3.04. The summed E-state index contributed by atoms with van der Waals surface area (Å²) in [5, 5.41) is 10.3. The number of ether oxygens (including phenoxy) is 1. The molecular formula is C20H23N3O5S. The van der Waals surface area contributed by atoms with Crippen LogP contribution in [-0.2, 0) is 19.1 Å². The molecule has 9 heteroatoms. The summed E-state index contributed by atoms with van der Waals surface area (Å²) in [5.41, 5.74) is 0.777. The van der Waals surface area contributed by atoms with Gasteiger partial charge >= 0.3 is 5.97 Å². The number of carbonyl (C=O) groups is 3. The van der Waals surface area contributed by atoms with Crippen molar-refractivity contribution in [2.24, 2.45) is 11.0 Å². The molecule has 0 saturated carbocycles. The third-order valence-corrected chi connectivity index (χ3v) is 5.38. The predicted octanol–water partition coefficient (Wildman–Crippen LogP) is 2.72. The Morgan fingerprint density at radius 3 is 2.72 bits per heavy atom. The molecule has 1 aliphatic heterocycles. The largest absolute Gasteiger partial charge is 0.467 e. The van der Waals surface area contributed by atoms with Gasteiger partial charge in [-0.3, -0.25) is 9.59 Å². The molecule has 1 aliphatic rings. The first-order chi connectivity index (χ1) is 13.9. The molecular weight excluding hydrogens is 394 g/mol. The van der Waals surface area contributed by atoms with Crippen LogP contribution in [-0.4, -0.2) is 41.2 Å². The summed E-state index contributed by atoms with van der Waals surface area (Å²) in [5.74, 6) is -1.02. The number of nitrogens with zero attached hydrogens (tertiary/aromatic N) is 2. The zero-order valence-electron chi connectivity index (χ0n) is 16.5. The monoisotopic (exact) mass is 417 g/mol. The first-order valence-electron chi connectivity index (χ1n) is 9.27. The number of nitrogens with one attached hydrogen (secondary N) is 1. The average Bonchev–Trinajstić information content (AvgIpc) is 3.43. The van der Waals surface area contributed by atoms with Crippen molar-refractivity contribution in [3.63, 3.8) is 0 Å². The zero-order valence-corrected chi connectivity index (χ0v) is 17.3. The Kier molecular flexibility index (Phi) is 6.48. The average molecular weight is 417 g/mol. The Bertz CT molecular complexity index is 889. The van der Waals surface area contributed by atoms with Crippen LogP contribution >= 0.6 is 11.3 Å². The molecule has 0 saturated heterocycles. The quantitative estimate of drug-likeness (QED) is 0.698. The summed E-state index contributed by atoms with van der Waals surface area (Å²) in [6.07, 6.45) is 2.05. The molecule has 0 spiro atoms. The second kappa shape index (κ2) is 9.04. The van der Waals surface area contributed by atoms with Gasteiger partial charge < -0.3 is 14.5 Å². The van der Waals surface area contributed by atoms with Crippen molar-refractivity contribution in [1.82, 2.24) is 10.3 Å². The number of thiophene rings is 1. The minimum Gasteiger partial charge on any atom is -0.467 e. The number of furan rings is 1. The number of hydrazone groups is 1. The van der Waals surface area contributed by atoms with Crippen molar-refractivity contribution in [2.75, 3.05) is 6.61 Å². The molecule has 29 heavy (non-hydrogen) atoms. The normalized spacial score (nSPS) is 17.2. The molecule has 0 bridgehead atoms. The second-order valence-corrected chi connectivity index (χ2v) is 7.98. The third-order valence-electron chi connectivity index (χ3n) is 4.46. The van der Waals surface area contributed by atoms with Gasteiger partial charge in [-0.1, -0.05) is 19.9 Å². The Morgan fingerprint density at radius 2 is 2.14 bits per heavy atom. The molecule has 1 N–H and O–H groups in total. The minimum atomic E-state index is -0.815. The van der Waals surface area contributed by atoms with Crippen molar-refractivity contribution in [3.05, 3.63) is 46.5 Å². The number of carbonyl (C=O) groups excluding carboxylic acids is 3. The fraction of sp³-hybridized carbons (Fsp3) is 0.400. The molecule has 0 aromatic carbocycles. The third kappa shape index (κ3) is 4.92. The van der Waals surface area contributed by atoms with E-state index in [1.54, 1.807) is 32.2 Å². The maximum absolute atomic E-state index is 12.8. The van der Waals surface area contributed by atoms with E-state index in [2.05, 4.69) is 10.4 Å². The van der Waals surface area contributed by atoms with Crippen LogP contribution in [0.5, 0.6) is 0 Å². The Labute approximate surface area is 172 Å². The van der Waals surface area contributed by atoms with Crippen molar-refractivity contribution in [3.8, 4) is 0 Å². The Balaban J connectivity index is 1.71. The topological polar surface area (TPSA) is 101 Å². The van der Waals surface area contributed by atoms with Gasteiger partial charge in [-0.05, 0) is 29.5 Å². The summed E-state index contributed by atoms with van der Waals surface area (Å²) in [7, 11) is 0. The van der Waals surface area contributed by atoms with E-state index in [0.717, 1.165) is 10.6 Å². The van der Waals surface area contributed by atoms with Crippen LogP contribution in [0.15, 0.2) is 45.4 Å². The Morgan fingerprint density at radius 1 is 1.34 bits per heavy atom. The van der Waals surface area contributed by atoms with E-state index in [9.17, 15) is 14.4 Å². The molecule has 3 rings (SSSR count). The lowest BCUT2D eigenvalue weighted by atomic mass is 10.0. The number of esters is 1. The molecule has 154 valence electrons. The number of hydrogen-bond donors (Lipinski definition) is 1. The number of rotatable bonds is 7. The van der Waals surface area contributed by atoms with Crippen molar-refractivity contribution in [1.29, 1.82) is 0 Å². The van der Waals surface area contributed by atoms with E-state index in [4.69, 9.17) is 9.15 Å². The van der Waals surface area contributed by atoms with Gasteiger partial charge in [0.2, 0.25) is 5.91 Å². The molecule has 2 amide bonds. The molecule has 3 heterocycles. The first-order valence-corrected chi connectivity index (χ1v) is 10.1. The zero-order chi connectivity index (χ0) is 21.0. The van der Waals surface area contributed by atoms with Gasteiger partial charge in [0.15, 0.2) is 6.61 Å². The van der Waals surface area contributed by atoms with Crippen LogP contribution in [0, 0.1) is 5.92 Å². The van der Waals surface area contributed by atoms with Gasteiger partial charge in [0.05, 0.1) is 16.9 Å². The van der Waals surface area contributed by atoms with E-state index in [0.29, 0.717) is 12.2 Å². The predicted molar refractivity (Wildman–Crippen MR) is 107 cm³/mol. The molecule has 0 fully saturated rings. The highest BCUT2D eigenvalue weighted by Gasteiger charge is 2.36. The van der Waals surface area contributed by atoms with Crippen LogP contribution in [0.4, 0.5) is 0 Å². The SMILES string of the molecule is CC(=O)NC(C(=O)OCC(=O)N1N=C(c2cccs2)CC1c1ccco1)C(C)C. The van der Waals surface area contributed by atoms with Gasteiger partial charge in [0.25, 0.3) is 5.91 Å². The van der Waals surface area contributed by atoms with E-state index >= 15 is 0 Å². The van der Waals surface area contributed by atoms with Crippen molar-refractivity contribution >= 4 is 34.8 Å². The van der Waals surface area contributed by atoms with Gasteiger partial charge in [-0.25, -0.2) is 9.80 Å². The molecule has 0 radical (unpaired) electrons. The molecule has 2 aromatic rings. The molecule has 0 aliphatic carbocycles. The fourth-order valence-corrected chi connectivity index (χ4v) is 3.76. The lowest BCUT2D eigenvalue weighted by Gasteiger charge is -2.22. The summed E-state index contributed by atoms with van der Waals surface area (Å²) < 4.78 is 10.7. The summed E-state index contributed by atoms with van der Waals surface area (Å²) in [4.78, 5) is 37.4. The van der Waals surface area contributed by atoms with Gasteiger partial charge in [0.1, 0.15) is 17.8 Å². The highest BCUT2D eigenvalue weighted by molar-refractivity contribution is 7.12. The molecule has 2 atom stereocenters. The van der Waals surface area contributed by atoms with Gasteiger partial charge in [-0.2, -0.15) is 5.10 Å². The van der Waals surface area contributed by atoms with Crippen LogP contribution < -0.4 is 5.32 Å². The summed E-state index contributed by atoms with van der Waals surface area (Å²) >= 11 is 1.54. The second-order valence-electron chi connectivity index (χ2n) is 7.03. The lowest BCUT2D eigenvalue weighted by molar-refractivity contribution is -0.156. The van der Waals surface area contributed by atoms with Crippen molar-refractivity contribution < 1.29 is 23.5 Å². The minimum absolute atomic E-state index is 0.174. The highest BCUT2D eigenvalue weighted by Crippen LogP contribution is 2.34. The number of amides is 2. The number of hydrogen-bond acceptors (Lipinski definition) is 7. The highest BCUT2D eigenvalue weighted by atomic mass is 32.1. The van der Waals surface area contributed by atoms with Crippen LogP contribution in [0.3, 0.4) is 0 Å². The van der Waals surface area contributed by atoms with E-state index in [1.165, 1.54) is 23.3 Å². The molecule has 2 unspecified atom stereocenters. The first kappa shape index (κ1) is 20.8. The van der Waals surface area contributed by atoms with Crippen LogP contribution in [0.2, 0.25) is 0 Å². The maximum Gasteiger partial charge on any atom is 0.329 e. The van der Waals surface area contributed by atoms with Crippen LogP contribution in [0.25, 0.3) is 0 Å². The summed E-state index contributed by atoms with van der Waals surface area (Å²) in [6, 6.07) is 6.19. The van der Waals surface area contributed by atoms with E-state index in [-0.39, 0.29) is 11.8 Å². The molecule has 2 aromatic heterocycles. The standard InChI is InChI=1S/C20H23N3O5S/c1-12(2)19(21-13(3)24)20(26)28-11-18(25)23-15(16-6-4-8-27-16)10-14(22-23)17-7-5-9-29-17/h4-9,12,15,19H,10-11H2,1-3H3,(H,21,24). The van der Waals surface area contributed by atoms with E-state index < -0.39 is 30.6 Å². The summed E-state index contributed by atoms with van der Waals surface area (Å²) in [6.45, 7) is 4.43. The van der Waals surface area contributed by atoms with Gasteiger partial charge in [0, 0.05) is 13.3 Å². The Hall–Kier alpha value is -2.94. The van der Waals surface area contributed by atoms with Crippen LogP contribution in [0.1, 0.15) is 43.9 Å². The van der Waals surface area contributed by atoms with Crippen molar-refractivity contribution in [2.45, 2.75) is 39.3 Å². The molecule has 8 nitrogen and oxygen atoms in total. The van der Waals surface area contributed by atoms with Gasteiger partial charge in [-0.15, -0.1) is 11.3 Å². The van der Waals surface area contributed by atoms with E-state index in [1.807, 2.05) is 17.5 Å². The lowest BCUT2D eigenvalue weighted by Crippen LogP contribution is -2.45. The smallest absolute Gasteiger partial charge is 0.329 e. The maximum atomic E-state index is 12.8.